The molecule has 1 aromatic rings. The second-order valence-corrected chi connectivity index (χ2v) is 4.55. The third-order valence-corrected chi connectivity index (χ3v) is 3.10. The largest absolute Gasteiger partial charge is 0.506 e. The SMILES string of the molecule is O=C(NCCC1=CCCCC1)c1cncc(O)c1. The Bertz CT molecular complexity index is 455. The molecule has 0 saturated carbocycles. The Morgan fingerprint density at radius 1 is 1.39 bits per heavy atom. The second kappa shape index (κ2) is 6.19. The summed E-state index contributed by atoms with van der Waals surface area (Å²) in [6, 6.07) is 1.42. The van der Waals surface area contributed by atoms with E-state index in [9.17, 15) is 9.90 Å². The van der Waals surface area contributed by atoms with E-state index < -0.39 is 0 Å². The van der Waals surface area contributed by atoms with Crippen LogP contribution in [-0.2, 0) is 0 Å². The first-order chi connectivity index (χ1) is 8.75. The molecule has 4 nitrogen and oxygen atoms in total. The number of allylic oxidation sites excluding steroid dienone is 1. The van der Waals surface area contributed by atoms with Crippen molar-refractivity contribution in [2.45, 2.75) is 32.1 Å². The number of hydrogen-bond donors (Lipinski definition) is 2. The smallest absolute Gasteiger partial charge is 0.252 e. The number of aromatic nitrogens is 1. The van der Waals surface area contributed by atoms with Gasteiger partial charge >= 0.3 is 0 Å². The quantitative estimate of drug-likeness (QED) is 0.802. The van der Waals surface area contributed by atoms with Gasteiger partial charge in [-0.3, -0.25) is 9.78 Å². The molecule has 4 heteroatoms. The Hall–Kier alpha value is -1.84. The Kier molecular flexibility index (Phi) is 4.34. The van der Waals surface area contributed by atoms with Gasteiger partial charge in [-0.2, -0.15) is 0 Å². The fourth-order valence-electron chi connectivity index (χ4n) is 2.12. The number of aromatic hydroxyl groups is 1. The normalized spacial score (nSPS) is 15.0. The maximum absolute atomic E-state index is 11.8. The van der Waals surface area contributed by atoms with Crippen molar-refractivity contribution >= 4 is 5.91 Å². The molecule has 1 amide bonds. The molecule has 2 rings (SSSR count). The highest BCUT2D eigenvalue weighted by atomic mass is 16.3. The number of nitrogens with zero attached hydrogens (tertiary/aromatic N) is 1. The molecule has 0 aliphatic heterocycles. The fraction of sp³-hybridized carbons (Fsp3) is 0.429. The van der Waals surface area contributed by atoms with E-state index in [0.717, 1.165) is 12.8 Å². The summed E-state index contributed by atoms with van der Waals surface area (Å²) in [5.74, 6) is -0.174. The molecule has 0 fully saturated rings. The maximum atomic E-state index is 11.8. The van der Waals surface area contributed by atoms with Crippen molar-refractivity contribution in [2.75, 3.05) is 6.54 Å². The van der Waals surface area contributed by atoms with Gasteiger partial charge in [0.2, 0.25) is 0 Å². The zero-order valence-corrected chi connectivity index (χ0v) is 10.4. The van der Waals surface area contributed by atoms with Crippen LogP contribution < -0.4 is 5.32 Å². The molecule has 1 aromatic heterocycles. The van der Waals surface area contributed by atoms with Gasteiger partial charge in [-0.25, -0.2) is 0 Å². The highest BCUT2D eigenvalue weighted by Crippen LogP contribution is 2.19. The number of amides is 1. The van der Waals surface area contributed by atoms with Gasteiger partial charge in [0.15, 0.2) is 0 Å². The summed E-state index contributed by atoms with van der Waals surface area (Å²) in [6.07, 6.45) is 10.8. The molecule has 0 saturated heterocycles. The summed E-state index contributed by atoms with van der Waals surface area (Å²) in [6.45, 7) is 0.639. The third kappa shape index (κ3) is 3.58. The van der Waals surface area contributed by atoms with E-state index in [1.807, 2.05) is 0 Å². The minimum atomic E-state index is -0.185. The Morgan fingerprint density at radius 3 is 3.00 bits per heavy atom. The minimum Gasteiger partial charge on any atom is -0.506 e. The predicted octanol–water partition coefficient (Wildman–Crippen LogP) is 2.41. The van der Waals surface area contributed by atoms with E-state index in [1.54, 1.807) is 0 Å². The lowest BCUT2D eigenvalue weighted by Crippen LogP contribution is -2.24. The number of pyridine rings is 1. The topological polar surface area (TPSA) is 62.2 Å². The molecule has 0 atom stereocenters. The van der Waals surface area contributed by atoms with Crippen molar-refractivity contribution in [2.24, 2.45) is 0 Å². The van der Waals surface area contributed by atoms with E-state index in [1.165, 1.54) is 43.3 Å². The zero-order valence-electron chi connectivity index (χ0n) is 10.4. The first-order valence-corrected chi connectivity index (χ1v) is 6.36. The lowest BCUT2D eigenvalue weighted by molar-refractivity contribution is 0.0953. The Labute approximate surface area is 107 Å². The molecular weight excluding hydrogens is 228 g/mol. The first kappa shape index (κ1) is 12.6. The Balaban J connectivity index is 1.79. The van der Waals surface area contributed by atoms with Crippen molar-refractivity contribution in [1.82, 2.24) is 10.3 Å². The number of carbonyl (C=O) groups excluding carboxylic acids is 1. The number of rotatable bonds is 4. The molecular formula is C14H18N2O2. The van der Waals surface area contributed by atoms with Crippen LogP contribution in [0.3, 0.4) is 0 Å². The van der Waals surface area contributed by atoms with Gasteiger partial charge in [0, 0.05) is 12.7 Å². The van der Waals surface area contributed by atoms with Gasteiger partial charge in [0.05, 0.1) is 11.8 Å². The molecule has 0 aromatic carbocycles. The van der Waals surface area contributed by atoms with Gasteiger partial charge in [-0.05, 0) is 38.2 Å². The van der Waals surface area contributed by atoms with E-state index in [-0.39, 0.29) is 11.7 Å². The molecule has 96 valence electrons. The number of hydrogen-bond acceptors (Lipinski definition) is 3. The van der Waals surface area contributed by atoms with Crippen molar-refractivity contribution in [1.29, 1.82) is 0 Å². The van der Waals surface area contributed by atoms with E-state index in [2.05, 4.69) is 16.4 Å². The summed E-state index contributed by atoms with van der Waals surface area (Å²) < 4.78 is 0. The molecule has 1 aliphatic carbocycles. The fourth-order valence-corrected chi connectivity index (χ4v) is 2.12. The predicted molar refractivity (Wildman–Crippen MR) is 69.4 cm³/mol. The van der Waals surface area contributed by atoms with Gasteiger partial charge in [-0.1, -0.05) is 11.6 Å². The third-order valence-electron chi connectivity index (χ3n) is 3.10. The lowest BCUT2D eigenvalue weighted by Gasteiger charge is -2.12. The van der Waals surface area contributed by atoms with Crippen LogP contribution in [0.1, 0.15) is 42.5 Å². The standard InChI is InChI=1S/C14H18N2O2/c17-13-8-12(9-15-10-13)14(18)16-7-6-11-4-2-1-3-5-11/h4,8-10,17H,1-3,5-7H2,(H,16,18). The van der Waals surface area contributed by atoms with Crippen LogP contribution in [-0.4, -0.2) is 22.5 Å². The van der Waals surface area contributed by atoms with Gasteiger partial charge < -0.3 is 10.4 Å². The first-order valence-electron chi connectivity index (χ1n) is 6.36. The van der Waals surface area contributed by atoms with E-state index >= 15 is 0 Å². The van der Waals surface area contributed by atoms with Crippen LogP contribution in [0, 0.1) is 0 Å². The summed E-state index contributed by atoms with van der Waals surface area (Å²) >= 11 is 0. The average Bonchev–Trinajstić information content (AvgIpc) is 2.40. The molecule has 2 N–H and O–H groups in total. The van der Waals surface area contributed by atoms with Gasteiger partial charge in [-0.15, -0.1) is 0 Å². The highest BCUT2D eigenvalue weighted by Gasteiger charge is 2.07. The molecule has 1 heterocycles. The minimum absolute atomic E-state index is 0.0117. The van der Waals surface area contributed by atoms with E-state index in [0.29, 0.717) is 12.1 Å². The highest BCUT2D eigenvalue weighted by molar-refractivity contribution is 5.94. The van der Waals surface area contributed by atoms with Crippen molar-refractivity contribution in [3.63, 3.8) is 0 Å². The summed E-state index contributed by atoms with van der Waals surface area (Å²) in [7, 11) is 0. The molecule has 0 bridgehead atoms. The Morgan fingerprint density at radius 2 is 2.28 bits per heavy atom. The maximum Gasteiger partial charge on any atom is 0.252 e. The second-order valence-electron chi connectivity index (χ2n) is 4.55. The van der Waals surface area contributed by atoms with Crippen LogP contribution in [0.2, 0.25) is 0 Å². The molecule has 0 radical (unpaired) electrons. The molecule has 0 unspecified atom stereocenters. The number of carbonyl (C=O) groups is 1. The zero-order chi connectivity index (χ0) is 12.8. The van der Waals surface area contributed by atoms with Crippen LogP contribution in [0.5, 0.6) is 5.75 Å². The molecule has 0 spiro atoms. The molecule has 18 heavy (non-hydrogen) atoms. The van der Waals surface area contributed by atoms with Crippen molar-refractivity contribution in [3.05, 3.63) is 35.7 Å². The monoisotopic (exact) mass is 246 g/mol. The van der Waals surface area contributed by atoms with Gasteiger partial charge in [0.1, 0.15) is 5.75 Å². The lowest BCUT2D eigenvalue weighted by atomic mass is 9.97. The van der Waals surface area contributed by atoms with Crippen molar-refractivity contribution in [3.8, 4) is 5.75 Å². The summed E-state index contributed by atoms with van der Waals surface area (Å²) in [5.41, 5.74) is 1.84. The van der Waals surface area contributed by atoms with Crippen LogP contribution in [0.25, 0.3) is 0 Å². The van der Waals surface area contributed by atoms with Crippen molar-refractivity contribution < 1.29 is 9.90 Å². The van der Waals surface area contributed by atoms with Gasteiger partial charge in [0.25, 0.3) is 5.91 Å². The van der Waals surface area contributed by atoms with Crippen LogP contribution in [0.15, 0.2) is 30.1 Å². The summed E-state index contributed by atoms with van der Waals surface area (Å²) in [5, 5.41) is 12.1. The van der Waals surface area contributed by atoms with Crippen LogP contribution in [0.4, 0.5) is 0 Å². The average molecular weight is 246 g/mol. The van der Waals surface area contributed by atoms with E-state index in [4.69, 9.17) is 0 Å². The van der Waals surface area contributed by atoms with Crippen LogP contribution >= 0.6 is 0 Å². The summed E-state index contributed by atoms with van der Waals surface area (Å²) in [4.78, 5) is 15.5. The molecule has 1 aliphatic rings. The number of nitrogens with one attached hydrogen (secondary N) is 1.